The molecule has 0 saturated carbocycles. The van der Waals surface area contributed by atoms with E-state index in [9.17, 15) is 4.39 Å². The number of nitrogens with one attached hydrogen (secondary N) is 1. The van der Waals surface area contributed by atoms with Crippen LogP contribution in [0.3, 0.4) is 0 Å². The van der Waals surface area contributed by atoms with Crippen LogP contribution in [0.15, 0.2) is 49.3 Å². The fourth-order valence-corrected chi connectivity index (χ4v) is 2.63. The number of aromatic nitrogens is 6. The Hall–Kier alpha value is -3.49. The van der Waals surface area contributed by atoms with Gasteiger partial charge in [0.2, 0.25) is 0 Å². The third-order valence-corrected chi connectivity index (χ3v) is 3.84. The molecule has 25 heavy (non-hydrogen) atoms. The molecule has 0 saturated heterocycles. The normalized spacial score (nSPS) is 11.0. The molecule has 9 heteroatoms. The van der Waals surface area contributed by atoms with Crippen LogP contribution in [0.5, 0.6) is 5.75 Å². The van der Waals surface area contributed by atoms with Crippen LogP contribution < -0.4 is 10.1 Å². The first-order chi connectivity index (χ1) is 12.3. The highest BCUT2D eigenvalue weighted by atomic mass is 19.1. The van der Waals surface area contributed by atoms with Crippen molar-refractivity contribution in [3.63, 3.8) is 0 Å². The molecule has 0 amide bonds. The van der Waals surface area contributed by atoms with Crippen LogP contribution in [0, 0.1) is 5.82 Å². The van der Waals surface area contributed by atoms with E-state index in [1.165, 1.54) is 19.5 Å². The first-order valence-electron chi connectivity index (χ1n) is 7.51. The molecule has 0 aliphatic carbocycles. The van der Waals surface area contributed by atoms with Gasteiger partial charge in [-0.05, 0) is 24.3 Å². The molecule has 0 unspecified atom stereocenters. The standard InChI is InChI=1S/C16H14FN7O/c1-25-14-4-2-3-12(17)11(14)7-19-15-6-5-13(24-9-18-8-21-24)16-22-20-10-23(15)16/h2-6,8-10,19H,7H2,1H3. The molecule has 0 atom stereocenters. The lowest BCUT2D eigenvalue weighted by molar-refractivity contribution is 0.405. The number of anilines is 1. The molecule has 3 heterocycles. The largest absolute Gasteiger partial charge is 0.496 e. The van der Waals surface area contributed by atoms with Crippen molar-refractivity contribution in [3.8, 4) is 11.4 Å². The molecule has 0 aliphatic heterocycles. The number of hydrogen-bond acceptors (Lipinski definition) is 6. The van der Waals surface area contributed by atoms with Crippen LogP contribution in [0.4, 0.5) is 10.2 Å². The van der Waals surface area contributed by atoms with Gasteiger partial charge in [-0.3, -0.25) is 4.40 Å². The molecule has 0 aliphatic rings. The van der Waals surface area contributed by atoms with Crippen molar-refractivity contribution >= 4 is 11.5 Å². The summed E-state index contributed by atoms with van der Waals surface area (Å²) >= 11 is 0. The van der Waals surface area contributed by atoms with Gasteiger partial charge in [-0.2, -0.15) is 5.10 Å². The summed E-state index contributed by atoms with van der Waals surface area (Å²) in [5, 5.41) is 15.4. The summed E-state index contributed by atoms with van der Waals surface area (Å²) < 4.78 is 22.7. The lowest BCUT2D eigenvalue weighted by atomic mass is 10.2. The molecular weight excluding hydrogens is 325 g/mol. The topological polar surface area (TPSA) is 82.2 Å². The Morgan fingerprint density at radius 3 is 2.92 bits per heavy atom. The predicted octanol–water partition coefficient (Wildman–Crippen LogP) is 2.07. The van der Waals surface area contributed by atoms with E-state index in [4.69, 9.17) is 4.74 Å². The summed E-state index contributed by atoms with van der Waals surface area (Å²) in [6.07, 6.45) is 4.61. The maximum absolute atomic E-state index is 14.1. The summed E-state index contributed by atoms with van der Waals surface area (Å²) in [7, 11) is 1.52. The molecule has 0 radical (unpaired) electrons. The number of pyridine rings is 1. The van der Waals surface area contributed by atoms with Crippen molar-refractivity contribution in [2.45, 2.75) is 6.54 Å². The molecule has 126 valence electrons. The Morgan fingerprint density at radius 2 is 2.12 bits per heavy atom. The van der Waals surface area contributed by atoms with Gasteiger partial charge in [-0.1, -0.05) is 6.07 Å². The van der Waals surface area contributed by atoms with Gasteiger partial charge >= 0.3 is 0 Å². The molecule has 4 aromatic rings. The Morgan fingerprint density at radius 1 is 1.20 bits per heavy atom. The summed E-state index contributed by atoms with van der Waals surface area (Å²) in [6.45, 7) is 0.256. The molecule has 1 N–H and O–H groups in total. The highest BCUT2D eigenvalue weighted by Crippen LogP contribution is 2.23. The SMILES string of the molecule is COc1cccc(F)c1CNc1ccc(-n2cncn2)c2nncn12. The van der Waals surface area contributed by atoms with E-state index in [1.807, 2.05) is 12.1 Å². The van der Waals surface area contributed by atoms with Gasteiger partial charge in [0.1, 0.15) is 42.1 Å². The Labute approximate surface area is 141 Å². The van der Waals surface area contributed by atoms with Gasteiger partial charge in [0.15, 0.2) is 5.65 Å². The highest BCUT2D eigenvalue weighted by Gasteiger charge is 2.12. The zero-order chi connectivity index (χ0) is 17.2. The number of halogens is 1. The summed E-state index contributed by atoms with van der Waals surface area (Å²) in [5.74, 6) is 0.881. The second-order valence-electron chi connectivity index (χ2n) is 5.24. The summed E-state index contributed by atoms with van der Waals surface area (Å²) in [6, 6.07) is 8.44. The number of ether oxygens (including phenoxy) is 1. The second kappa shape index (κ2) is 6.19. The Bertz CT molecular complexity index is 1010. The first kappa shape index (κ1) is 15.1. The van der Waals surface area contributed by atoms with Crippen LogP contribution in [-0.4, -0.2) is 36.5 Å². The minimum atomic E-state index is -0.328. The minimum absolute atomic E-state index is 0.256. The summed E-state index contributed by atoms with van der Waals surface area (Å²) in [4.78, 5) is 3.94. The van der Waals surface area contributed by atoms with Crippen molar-refractivity contribution in [2.24, 2.45) is 0 Å². The number of benzene rings is 1. The van der Waals surface area contributed by atoms with Crippen molar-refractivity contribution in [1.29, 1.82) is 0 Å². The molecule has 0 fully saturated rings. The molecule has 4 rings (SSSR count). The van der Waals surface area contributed by atoms with Crippen LogP contribution in [0.1, 0.15) is 5.56 Å². The predicted molar refractivity (Wildman–Crippen MR) is 88.2 cm³/mol. The van der Waals surface area contributed by atoms with E-state index in [1.54, 1.807) is 33.9 Å². The summed E-state index contributed by atoms with van der Waals surface area (Å²) in [5.41, 5.74) is 1.80. The van der Waals surface area contributed by atoms with E-state index in [2.05, 4.69) is 25.6 Å². The van der Waals surface area contributed by atoms with Gasteiger partial charge in [0, 0.05) is 12.1 Å². The number of nitrogens with zero attached hydrogens (tertiary/aromatic N) is 6. The fourth-order valence-electron chi connectivity index (χ4n) is 2.63. The van der Waals surface area contributed by atoms with Crippen LogP contribution in [0.25, 0.3) is 11.3 Å². The monoisotopic (exact) mass is 339 g/mol. The lowest BCUT2D eigenvalue weighted by Gasteiger charge is -2.13. The number of hydrogen-bond donors (Lipinski definition) is 1. The van der Waals surface area contributed by atoms with Crippen LogP contribution in [-0.2, 0) is 6.54 Å². The number of rotatable bonds is 5. The zero-order valence-electron chi connectivity index (χ0n) is 13.3. The average molecular weight is 339 g/mol. The van der Waals surface area contributed by atoms with Gasteiger partial charge in [0.05, 0.1) is 7.11 Å². The maximum Gasteiger partial charge on any atom is 0.188 e. The highest BCUT2D eigenvalue weighted by molar-refractivity contribution is 5.63. The molecule has 0 bridgehead atoms. The molecule has 1 aromatic carbocycles. The van der Waals surface area contributed by atoms with Gasteiger partial charge < -0.3 is 10.1 Å². The number of methoxy groups -OCH3 is 1. The fraction of sp³-hybridized carbons (Fsp3) is 0.125. The number of fused-ring (bicyclic) bond motifs is 1. The lowest BCUT2D eigenvalue weighted by Crippen LogP contribution is -2.08. The van der Waals surface area contributed by atoms with E-state index < -0.39 is 0 Å². The van der Waals surface area contributed by atoms with E-state index in [0.717, 1.165) is 5.69 Å². The average Bonchev–Trinajstić information content (AvgIpc) is 3.32. The van der Waals surface area contributed by atoms with E-state index in [0.29, 0.717) is 22.8 Å². The van der Waals surface area contributed by atoms with E-state index in [-0.39, 0.29) is 12.4 Å². The molecular formula is C16H14FN7O. The first-order valence-corrected chi connectivity index (χ1v) is 7.51. The third-order valence-electron chi connectivity index (χ3n) is 3.84. The van der Waals surface area contributed by atoms with Gasteiger partial charge in [-0.15, -0.1) is 10.2 Å². The van der Waals surface area contributed by atoms with Gasteiger partial charge in [0.25, 0.3) is 0 Å². The van der Waals surface area contributed by atoms with Gasteiger partial charge in [-0.25, -0.2) is 14.1 Å². The Kier molecular flexibility index (Phi) is 3.73. The van der Waals surface area contributed by atoms with Crippen LogP contribution >= 0.6 is 0 Å². The van der Waals surface area contributed by atoms with Crippen molar-refractivity contribution in [2.75, 3.05) is 12.4 Å². The second-order valence-corrected chi connectivity index (χ2v) is 5.24. The minimum Gasteiger partial charge on any atom is -0.496 e. The quantitative estimate of drug-likeness (QED) is 0.599. The Balaban J connectivity index is 1.68. The third kappa shape index (κ3) is 2.65. The van der Waals surface area contributed by atoms with Crippen molar-refractivity contribution in [1.82, 2.24) is 29.4 Å². The van der Waals surface area contributed by atoms with Crippen molar-refractivity contribution in [3.05, 3.63) is 60.7 Å². The maximum atomic E-state index is 14.1. The van der Waals surface area contributed by atoms with E-state index >= 15 is 0 Å². The molecule has 0 spiro atoms. The molecule has 3 aromatic heterocycles. The molecule has 8 nitrogen and oxygen atoms in total. The van der Waals surface area contributed by atoms with Crippen molar-refractivity contribution < 1.29 is 9.13 Å². The smallest absolute Gasteiger partial charge is 0.188 e. The van der Waals surface area contributed by atoms with Crippen LogP contribution in [0.2, 0.25) is 0 Å². The zero-order valence-corrected chi connectivity index (χ0v) is 13.3.